The molecule has 1 aromatic rings. The maximum atomic E-state index is 10.1. The summed E-state index contributed by atoms with van der Waals surface area (Å²) in [6.45, 7) is 0. The van der Waals surface area contributed by atoms with Gasteiger partial charge in [-0.05, 0) is 6.07 Å². The highest BCUT2D eigenvalue weighted by atomic mass is 35.5. The quantitative estimate of drug-likeness (QED) is 0.471. The number of nitrogens with zero attached hydrogens (tertiary/aromatic N) is 1. The zero-order valence-corrected chi connectivity index (χ0v) is 5.71. The lowest BCUT2D eigenvalue weighted by Gasteiger charge is -1.89. The van der Waals surface area contributed by atoms with Gasteiger partial charge in [0.25, 0.3) is 5.69 Å². The van der Waals surface area contributed by atoms with E-state index in [2.05, 4.69) is 0 Å². The number of nitro groups is 1. The van der Waals surface area contributed by atoms with Gasteiger partial charge in [-0.25, -0.2) is 0 Å². The fourth-order valence-corrected chi connectivity index (χ4v) is 0.774. The van der Waals surface area contributed by atoms with E-state index in [1.54, 1.807) is 12.1 Å². The third-order valence-electron chi connectivity index (χ3n) is 1.02. The van der Waals surface area contributed by atoms with Gasteiger partial charge in [-0.15, -0.1) is 0 Å². The van der Waals surface area contributed by atoms with Gasteiger partial charge in [-0.3, -0.25) is 10.1 Å². The number of nitro benzene ring substituents is 1. The number of hydrogen-bond donors (Lipinski definition) is 0. The third-order valence-corrected chi connectivity index (χ3v) is 1.25. The number of benzene rings is 1. The van der Waals surface area contributed by atoms with Crippen LogP contribution in [0.3, 0.4) is 0 Å². The largest absolute Gasteiger partial charge is 0.270 e. The molecule has 0 saturated heterocycles. The van der Waals surface area contributed by atoms with Crippen LogP contribution in [0.2, 0.25) is 5.02 Å². The molecular weight excluding hydrogens is 159 g/mol. The fourth-order valence-electron chi connectivity index (χ4n) is 0.590. The van der Waals surface area contributed by atoms with Gasteiger partial charge >= 0.3 is 0 Å². The Kier molecular flexibility index (Phi) is 1.87. The lowest BCUT2D eigenvalue weighted by Crippen LogP contribution is -1.85. The number of hydrogen-bond acceptors (Lipinski definition) is 2. The van der Waals surface area contributed by atoms with Crippen LogP contribution in [0, 0.1) is 10.1 Å². The molecule has 3 nitrogen and oxygen atoms in total. The SMILES string of the molecule is O=[N+]([O-])[13c]1[13cH][13cH][13cH][13c](Cl)[13cH]1. The van der Waals surface area contributed by atoms with Crippen molar-refractivity contribution in [1.82, 2.24) is 0 Å². The molecule has 0 radical (unpaired) electrons. The summed E-state index contributed by atoms with van der Waals surface area (Å²) in [5.74, 6) is 0. The first-order chi connectivity index (χ1) is 4.70. The van der Waals surface area contributed by atoms with Gasteiger partial charge in [0, 0.05) is 17.2 Å². The van der Waals surface area contributed by atoms with Crippen molar-refractivity contribution in [2.45, 2.75) is 0 Å². The maximum absolute atomic E-state index is 10.1. The molecule has 0 aromatic heterocycles. The molecule has 52 valence electrons. The van der Waals surface area contributed by atoms with Gasteiger partial charge in [-0.1, -0.05) is 17.7 Å². The van der Waals surface area contributed by atoms with Crippen molar-refractivity contribution in [1.29, 1.82) is 0 Å². The van der Waals surface area contributed by atoms with Crippen LogP contribution in [0.1, 0.15) is 0 Å². The minimum absolute atomic E-state index is 0.0208. The van der Waals surface area contributed by atoms with Crippen LogP contribution in [0.15, 0.2) is 24.3 Å². The van der Waals surface area contributed by atoms with E-state index in [0.717, 1.165) is 0 Å². The molecule has 0 aliphatic heterocycles. The molecule has 1 rings (SSSR count). The molecule has 0 spiro atoms. The standard InChI is InChI=1S/C6H4ClNO2/c7-5-2-1-3-6(4-5)8(9)10/h1-4H/i1+1,2+1,3+1,4+1,5+1,6+1. The van der Waals surface area contributed by atoms with E-state index >= 15 is 0 Å². The Morgan fingerprint density at radius 2 is 2.20 bits per heavy atom. The van der Waals surface area contributed by atoms with Crippen LogP contribution in [-0.2, 0) is 0 Å². The second-order valence-electron chi connectivity index (χ2n) is 1.74. The minimum atomic E-state index is -0.480. The predicted molar refractivity (Wildman–Crippen MR) is 38.1 cm³/mol. The lowest BCUT2D eigenvalue weighted by atomic mass is 11.3. The summed E-state index contributed by atoms with van der Waals surface area (Å²) in [5.41, 5.74) is 0.0208. The Morgan fingerprint density at radius 1 is 1.50 bits per heavy atom. The van der Waals surface area contributed by atoms with Crippen molar-refractivity contribution in [3.63, 3.8) is 0 Å². The van der Waals surface area contributed by atoms with Crippen molar-refractivity contribution in [3.8, 4) is 0 Å². The summed E-state index contributed by atoms with van der Waals surface area (Å²) in [7, 11) is 0. The lowest BCUT2D eigenvalue weighted by molar-refractivity contribution is -0.384. The summed E-state index contributed by atoms with van der Waals surface area (Å²) >= 11 is 5.48. The van der Waals surface area contributed by atoms with Crippen LogP contribution >= 0.6 is 11.6 Å². The van der Waals surface area contributed by atoms with Gasteiger partial charge in [-0.2, -0.15) is 0 Å². The molecule has 0 fully saturated rings. The van der Waals surface area contributed by atoms with Crippen LogP contribution < -0.4 is 0 Å². The summed E-state index contributed by atoms with van der Waals surface area (Å²) in [6.07, 6.45) is 0. The molecule has 0 heterocycles. The highest BCUT2D eigenvalue weighted by Gasteiger charge is 2.02. The van der Waals surface area contributed by atoms with Gasteiger partial charge < -0.3 is 0 Å². The summed E-state index contributed by atoms with van der Waals surface area (Å²) in [6, 6.07) is 5.84. The molecule has 0 aliphatic carbocycles. The molecule has 0 amide bonds. The predicted octanol–water partition coefficient (Wildman–Crippen LogP) is 2.25. The summed E-state index contributed by atoms with van der Waals surface area (Å²) in [4.78, 5) is 9.62. The van der Waals surface area contributed by atoms with Gasteiger partial charge in [0.05, 0.1) is 4.92 Å². The fraction of sp³-hybridized carbons (Fsp3) is 0. The summed E-state index contributed by atoms with van der Waals surface area (Å²) in [5, 5.41) is 10.5. The first-order valence-corrected chi connectivity index (χ1v) is 2.98. The Morgan fingerprint density at radius 3 is 2.60 bits per heavy atom. The van der Waals surface area contributed by atoms with E-state index in [1.165, 1.54) is 12.1 Å². The zero-order chi connectivity index (χ0) is 7.56. The van der Waals surface area contributed by atoms with Gasteiger partial charge in [0.2, 0.25) is 0 Å². The zero-order valence-electron chi connectivity index (χ0n) is 4.95. The van der Waals surface area contributed by atoms with Crippen LogP contribution in [0.4, 0.5) is 5.69 Å². The molecule has 0 unspecified atom stereocenters. The average molecular weight is 164 g/mol. The topological polar surface area (TPSA) is 43.1 Å². The first-order valence-electron chi connectivity index (χ1n) is 2.60. The highest BCUT2D eigenvalue weighted by molar-refractivity contribution is 6.30. The second-order valence-corrected chi connectivity index (χ2v) is 2.17. The van der Waals surface area contributed by atoms with E-state index in [1.807, 2.05) is 0 Å². The molecule has 0 N–H and O–H groups in total. The van der Waals surface area contributed by atoms with Crippen molar-refractivity contribution >= 4 is 17.3 Å². The van der Waals surface area contributed by atoms with E-state index < -0.39 is 4.92 Å². The number of non-ortho nitro benzene ring substituents is 1. The van der Waals surface area contributed by atoms with Crippen molar-refractivity contribution in [2.24, 2.45) is 0 Å². The van der Waals surface area contributed by atoms with Gasteiger partial charge in [0.15, 0.2) is 0 Å². The molecule has 0 atom stereocenters. The Hall–Kier alpha value is -1.09. The molecular formula is C6H4ClNO2. The Labute approximate surface area is 62.4 Å². The van der Waals surface area contributed by atoms with Crippen molar-refractivity contribution < 1.29 is 4.92 Å². The van der Waals surface area contributed by atoms with Crippen LogP contribution in [0.25, 0.3) is 0 Å². The molecule has 1 aromatic carbocycles. The summed E-state index contributed by atoms with van der Waals surface area (Å²) < 4.78 is 0. The Balaban J connectivity index is 3.07. The second kappa shape index (κ2) is 2.66. The van der Waals surface area contributed by atoms with E-state index in [4.69, 9.17) is 11.6 Å². The van der Waals surface area contributed by atoms with Crippen molar-refractivity contribution in [2.75, 3.05) is 0 Å². The Bertz CT molecular complexity index is 262. The molecule has 0 bridgehead atoms. The maximum Gasteiger partial charge on any atom is 0.270 e. The van der Waals surface area contributed by atoms with E-state index in [0.29, 0.717) is 5.02 Å². The van der Waals surface area contributed by atoms with Crippen LogP contribution in [0.5, 0.6) is 0 Å². The number of halogens is 1. The normalized spacial score (nSPS) is 9.30. The van der Waals surface area contributed by atoms with E-state index in [9.17, 15) is 10.1 Å². The monoisotopic (exact) mass is 163 g/mol. The minimum Gasteiger partial charge on any atom is -0.258 e. The molecule has 10 heavy (non-hydrogen) atoms. The first kappa shape index (κ1) is 7.02. The smallest absolute Gasteiger partial charge is 0.258 e. The van der Waals surface area contributed by atoms with Crippen molar-refractivity contribution in [3.05, 3.63) is 39.4 Å². The molecule has 0 aliphatic rings. The third kappa shape index (κ3) is 1.45. The molecule has 0 saturated carbocycles. The molecule has 4 heteroatoms. The van der Waals surface area contributed by atoms with Gasteiger partial charge in [0.1, 0.15) is 0 Å². The van der Waals surface area contributed by atoms with E-state index in [-0.39, 0.29) is 5.69 Å². The van der Waals surface area contributed by atoms with Crippen LogP contribution in [-0.4, -0.2) is 4.92 Å². The highest BCUT2D eigenvalue weighted by Crippen LogP contribution is 2.16. The number of rotatable bonds is 1. The average Bonchev–Trinajstić information content (AvgIpc) is 1.88.